The third kappa shape index (κ3) is 6.74. The van der Waals surface area contributed by atoms with E-state index in [0.717, 1.165) is 6.21 Å². The molecule has 0 fully saturated rings. The maximum atomic E-state index is 12.3. The molecule has 13 heavy (non-hydrogen) atoms. The van der Waals surface area contributed by atoms with Crippen LogP contribution in [-0.2, 0) is 10.8 Å². The Kier molecular flexibility index (Phi) is 6.84. The summed E-state index contributed by atoms with van der Waals surface area (Å²) in [7, 11) is -1.28. The van der Waals surface area contributed by atoms with Crippen LogP contribution in [0.2, 0.25) is 0 Å². The summed E-state index contributed by atoms with van der Waals surface area (Å²) in [5.74, 6) is 0.193. The summed E-state index contributed by atoms with van der Waals surface area (Å²) in [6, 6.07) is 0. The van der Waals surface area contributed by atoms with E-state index < -0.39 is 23.4 Å². The fourth-order valence-electron chi connectivity index (χ4n) is 0.662. The Morgan fingerprint density at radius 2 is 1.92 bits per heavy atom. The zero-order chi connectivity index (χ0) is 10.3. The highest BCUT2D eigenvalue weighted by atomic mass is 32.2. The molecule has 0 aromatic carbocycles. The second kappa shape index (κ2) is 7.06. The van der Waals surface area contributed by atoms with Gasteiger partial charge in [0.25, 0.3) is 6.43 Å². The number of alkyl halides is 3. The maximum Gasteiger partial charge on any atom is 0.269 e. The van der Waals surface area contributed by atoms with Gasteiger partial charge >= 0.3 is 0 Å². The van der Waals surface area contributed by atoms with Gasteiger partial charge in [0.2, 0.25) is 0 Å². The third-order valence-electron chi connectivity index (χ3n) is 1.38. The molecule has 0 aromatic heterocycles. The van der Waals surface area contributed by atoms with E-state index in [9.17, 15) is 17.4 Å². The molecule has 0 saturated carbocycles. The Morgan fingerprint density at radius 3 is 2.38 bits per heavy atom. The van der Waals surface area contributed by atoms with Crippen LogP contribution in [0.5, 0.6) is 0 Å². The molecule has 0 rings (SSSR count). The number of rotatable bonds is 7. The molecule has 2 nitrogen and oxygen atoms in total. The first-order chi connectivity index (χ1) is 6.07. The van der Waals surface area contributed by atoms with Crippen molar-refractivity contribution in [2.45, 2.75) is 25.4 Å². The van der Waals surface area contributed by atoms with Gasteiger partial charge in [-0.05, 0) is 19.1 Å². The van der Waals surface area contributed by atoms with Crippen molar-refractivity contribution in [3.05, 3.63) is 0 Å². The van der Waals surface area contributed by atoms with E-state index in [1.165, 1.54) is 0 Å². The van der Waals surface area contributed by atoms with Crippen LogP contribution in [-0.4, -0.2) is 34.5 Å². The van der Waals surface area contributed by atoms with E-state index in [2.05, 4.69) is 0 Å². The molecule has 6 heteroatoms. The van der Waals surface area contributed by atoms with Gasteiger partial charge in [0.1, 0.15) is 0 Å². The van der Waals surface area contributed by atoms with E-state index in [1.54, 1.807) is 0 Å². The summed E-state index contributed by atoms with van der Waals surface area (Å²) in [5, 5.41) is 6.63. The Morgan fingerprint density at radius 1 is 1.31 bits per heavy atom. The van der Waals surface area contributed by atoms with Crippen LogP contribution >= 0.6 is 0 Å². The molecule has 0 amide bonds. The summed E-state index contributed by atoms with van der Waals surface area (Å²) in [6.07, 6.45) is -4.10. The summed E-state index contributed by atoms with van der Waals surface area (Å²) >= 11 is 0. The first-order valence-electron chi connectivity index (χ1n) is 3.84. The Bertz CT molecular complexity index is 177. The molecule has 0 bridgehead atoms. The van der Waals surface area contributed by atoms with Crippen molar-refractivity contribution in [3.8, 4) is 0 Å². The summed E-state index contributed by atoms with van der Waals surface area (Å²) in [4.78, 5) is 0. The second-order valence-electron chi connectivity index (χ2n) is 2.48. The van der Waals surface area contributed by atoms with Crippen molar-refractivity contribution >= 4 is 17.0 Å². The molecule has 0 spiro atoms. The Hall–Kier alpha value is -0.390. The molecular weight excluding hydrogens is 203 g/mol. The van der Waals surface area contributed by atoms with E-state index in [0.29, 0.717) is 6.42 Å². The van der Waals surface area contributed by atoms with Crippen molar-refractivity contribution < 1.29 is 17.4 Å². The Balaban J connectivity index is 3.51. The molecular formula is C7H12F3NOS. The van der Waals surface area contributed by atoms with Gasteiger partial charge in [-0.3, -0.25) is 4.21 Å². The van der Waals surface area contributed by atoms with Gasteiger partial charge in [-0.1, -0.05) is 0 Å². The molecule has 0 aliphatic heterocycles. The first kappa shape index (κ1) is 12.6. The largest absolute Gasteiger partial charge is 0.313 e. The minimum atomic E-state index is -2.99. The molecule has 0 radical (unpaired) electrons. The first-order valence-corrected chi connectivity index (χ1v) is 5.33. The van der Waals surface area contributed by atoms with Crippen molar-refractivity contribution in [2.75, 3.05) is 11.5 Å². The highest BCUT2D eigenvalue weighted by Gasteiger charge is 2.19. The lowest BCUT2D eigenvalue weighted by atomic mass is 10.3. The zero-order valence-electron chi connectivity index (χ0n) is 7.01. The van der Waals surface area contributed by atoms with Crippen molar-refractivity contribution in [1.29, 1.82) is 5.41 Å². The number of hydrogen-bond acceptors (Lipinski definition) is 2. The predicted octanol–water partition coefficient (Wildman–Crippen LogP) is 1.77. The van der Waals surface area contributed by atoms with Gasteiger partial charge in [-0.15, -0.1) is 0 Å². The Labute approximate surface area is 77.5 Å². The van der Waals surface area contributed by atoms with Gasteiger partial charge in [-0.25, -0.2) is 13.2 Å². The molecule has 0 aliphatic rings. The second-order valence-corrected chi connectivity index (χ2v) is 4.18. The maximum absolute atomic E-state index is 12.3. The van der Waals surface area contributed by atoms with Crippen LogP contribution in [0.3, 0.4) is 0 Å². The van der Waals surface area contributed by atoms with Gasteiger partial charge < -0.3 is 5.41 Å². The highest BCUT2D eigenvalue weighted by molar-refractivity contribution is 7.84. The molecule has 2 unspecified atom stereocenters. The van der Waals surface area contributed by atoms with E-state index in [-0.39, 0.29) is 17.9 Å². The SMILES string of the molecule is N=CCCS(=O)CCC(F)C(F)F. The lowest BCUT2D eigenvalue weighted by Crippen LogP contribution is -2.16. The fourth-order valence-corrected chi connectivity index (χ4v) is 1.74. The molecule has 2 atom stereocenters. The standard InChI is InChI=1S/C7H12F3NOS/c8-6(7(9)10)2-5-13(12)4-1-3-11/h3,6-7,11H,1-2,4-5H2. The lowest BCUT2D eigenvalue weighted by Gasteiger charge is -2.05. The van der Waals surface area contributed by atoms with Gasteiger partial charge in [-0.2, -0.15) is 0 Å². The average Bonchev–Trinajstić information content (AvgIpc) is 2.10. The van der Waals surface area contributed by atoms with E-state index in [4.69, 9.17) is 5.41 Å². The van der Waals surface area contributed by atoms with Crippen LogP contribution in [0, 0.1) is 5.41 Å². The van der Waals surface area contributed by atoms with Crippen molar-refractivity contribution in [1.82, 2.24) is 0 Å². The number of hydrogen-bond donors (Lipinski definition) is 1. The highest BCUT2D eigenvalue weighted by Crippen LogP contribution is 2.09. The van der Waals surface area contributed by atoms with Crippen LogP contribution in [0.1, 0.15) is 12.8 Å². The minimum absolute atomic E-state index is 0.0562. The molecule has 0 aliphatic carbocycles. The van der Waals surface area contributed by atoms with Crippen molar-refractivity contribution in [2.24, 2.45) is 0 Å². The number of nitrogens with one attached hydrogen (secondary N) is 1. The molecule has 78 valence electrons. The van der Waals surface area contributed by atoms with E-state index in [1.807, 2.05) is 0 Å². The molecule has 0 aromatic rings. The summed E-state index contributed by atoms with van der Waals surface area (Å²) < 4.78 is 46.4. The zero-order valence-corrected chi connectivity index (χ0v) is 7.83. The third-order valence-corrected chi connectivity index (χ3v) is 2.77. The van der Waals surface area contributed by atoms with Gasteiger partial charge in [0, 0.05) is 22.3 Å². The lowest BCUT2D eigenvalue weighted by molar-refractivity contribution is 0.0487. The monoisotopic (exact) mass is 215 g/mol. The smallest absolute Gasteiger partial charge is 0.269 e. The van der Waals surface area contributed by atoms with Crippen LogP contribution < -0.4 is 0 Å². The minimum Gasteiger partial charge on any atom is -0.313 e. The molecule has 1 N–H and O–H groups in total. The van der Waals surface area contributed by atoms with Gasteiger partial charge in [0.05, 0.1) is 0 Å². The normalized spacial score (nSPS) is 15.7. The number of halogens is 3. The quantitative estimate of drug-likeness (QED) is 0.646. The summed E-state index contributed by atoms with van der Waals surface area (Å²) in [5.41, 5.74) is 0. The predicted molar refractivity (Wildman–Crippen MR) is 46.8 cm³/mol. The fraction of sp³-hybridized carbons (Fsp3) is 0.857. The summed E-state index contributed by atoms with van der Waals surface area (Å²) in [6.45, 7) is 0. The molecule has 0 heterocycles. The van der Waals surface area contributed by atoms with E-state index >= 15 is 0 Å². The molecule has 0 saturated heterocycles. The average molecular weight is 215 g/mol. The van der Waals surface area contributed by atoms with Crippen molar-refractivity contribution in [3.63, 3.8) is 0 Å². The van der Waals surface area contributed by atoms with Gasteiger partial charge in [0.15, 0.2) is 6.17 Å². The van der Waals surface area contributed by atoms with Crippen LogP contribution in [0.25, 0.3) is 0 Å². The van der Waals surface area contributed by atoms with Crippen LogP contribution in [0.15, 0.2) is 0 Å². The van der Waals surface area contributed by atoms with Crippen LogP contribution in [0.4, 0.5) is 13.2 Å². The topological polar surface area (TPSA) is 40.9 Å².